The van der Waals surface area contributed by atoms with Crippen LogP contribution in [0.1, 0.15) is 0 Å². The first-order chi connectivity index (χ1) is 4.72. The summed E-state index contributed by atoms with van der Waals surface area (Å²) in [7, 11) is 2.42. The number of hydrogen-bond acceptors (Lipinski definition) is 6. The summed E-state index contributed by atoms with van der Waals surface area (Å²) in [5.41, 5.74) is 0. The van der Waals surface area contributed by atoms with Crippen molar-refractivity contribution in [3.63, 3.8) is 0 Å². The Morgan fingerprint density at radius 2 is 2.20 bits per heavy atom. The van der Waals surface area contributed by atoms with Crippen LogP contribution in [0.2, 0.25) is 0 Å². The molecule has 0 saturated carbocycles. The van der Waals surface area contributed by atoms with Crippen LogP contribution >= 0.6 is 0 Å². The van der Waals surface area contributed by atoms with Gasteiger partial charge in [-0.15, -0.1) is 0 Å². The molecular formula is C2O6SiSn. The van der Waals surface area contributed by atoms with Crippen molar-refractivity contribution in [1.82, 2.24) is 0 Å². The molecule has 1 aliphatic heterocycles. The topological polar surface area (TPSA) is 71.1 Å². The number of hydrogen-bond donors (Lipinski definition) is 0. The second-order valence-electron chi connectivity index (χ2n) is 1.16. The molecule has 8 heteroatoms. The second kappa shape index (κ2) is 3.10. The molecule has 0 N–H and O–H groups in total. The summed E-state index contributed by atoms with van der Waals surface area (Å²) in [5.74, 6) is 0. The SMILES string of the molecule is O=C(O[Si])[O][Sn]1[O]C(=O)[O]1. The van der Waals surface area contributed by atoms with Gasteiger partial charge in [0.2, 0.25) is 0 Å². The fourth-order valence-electron chi connectivity index (χ4n) is 0.274. The van der Waals surface area contributed by atoms with Crippen LogP contribution < -0.4 is 0 Å². The molecule has 1 heterocycles. The Kier molecular flexibility index (Phi) is 2.37. The van der Waals surface area contributed by atoms with Crippen LogP contribution in [-0.4, -0.2) is 43.8 Å². The Labute approximate surface area is 67.3 Å². The molecule has 52 valence electrons. The third-order valence-electron chi connectivity index (χ3n) is 0.583. The molecule has 1 fully saturated rings. The van der Waals surface area contributed by atoms with Crippen molar-refractivity contribution < 1.29 is 23.2 Å². The Morgan fingerprint density at radius 3 is 2.60 bits per heavy atom. The third kappa shape index (κ3) is 1.77. The van der Waals surface area contributed by atoms with Gasteiger partial charge in [0.05, 0.1) is 0 Å². The molecular weight excluding hydrogens is 267 g/mol. The fraction of sp³-hybridized carbons (Fsp3) is 0. The molecule has 0 spiro atoms. The molecule has 1 aliphatic rings. The quantitative estimate of drug-likeness (QED) is 0.589. The van der Waals surface area contributed by atoms with E-state index in [-0.39, 0.29) is 0 Å². The second-order valence-corrected chi connectivity index (χ2v) is 4.54. The van der Waals surface area contributed by atoms with Crippen molar-refractivity contribution in [2.45, 2.75) is 0 Å². The maximum absolute atomic E-state index is 10.2. The van der Waals surface area contributed by atoms with E-state index in [1.54, 1.807) is 0 Å². The van der Waals surface area contributed by atoms with Gasteiger partial charge in [-0.25, -0.2) is 0 Å². The average Bonchev–Trinajstić information content (AvgIpc) is 1.84. The maximum atomic E-state index is 10.2. The van der Waals surface area contributed by atoms with Crippen LogP contribution in [0.3, 0.4) is 0 Å². The molecule has 10 heavy (non-hydrogen) atoms. The van der Waals surface area contributed by atoms with Gasteiger partial charge in [0.15, 0.2) is 0 Å². The summed E-state index contributed by atoms with van der Waals surface area (Å²) in [6.45, 7) is 0. The first-order valence-electron chi connectivity index (χ1n) is 2.04. The van der Waals surface area contributed by atoms with Crippen molar-refractivity contribution in [1.29, 1.82) is 0 Å². The minimum atomic E-state index is -3.00. The predicted octanol–water partition coefficient (Wildman–Crippen LogP) is -0.625. The van der Waals surface area contributed by atoms with Crippen LogP contribution in [0.5, 0.6) is 0 Å². The molecule has 1 rings (SSSR count). The summed E-state index contributed by atoms with van der Waals surface area (Å²) >= 11 is -3.00. The molecule has 0 amide bonds. The van der Waals surface area contributed by atoms with E-state index in [1.807, 2.05) is 0 Å². The van der Waals surface area contributed by atoms with E-state index in [0.717, 1.165) is 0 Å². The molecule has 6 nitrogen and oxygen atoms in total. The van der Waals surface area contributed by atoms with Crippen molar-refractivity contribution in [3.05, 3.63) is 0 Å². The predicted molar refractivity (Wildman–Crippen MR) is 26.6 cm³/mol. The van der Waals surface area contributed by atoms with Crippen molar-refractivity contribution in [2.24, 2.45) is 0 Å². The van der Waals surface area contributed by atoms with Gasteiger partial charge in [-0.05, 0) is 0 Å². The van der Waals surface area contributed by atoms with Crippen molar-refractivity contribution in [2.75, 3.05) is 0 Å². The van der Waals surface area contributed by atoms with Gasteiger partial charge < -0.3 is 0 Å². The molecule has 0 bridgehead atoms. The van der Waals surface area contributed by atoms with Crippen molar-refractivity contribution >= 4 is 43.8 Å². The van der Waals surface area contributed by atoms with E-state index in [9.17, 15) is 9.59 Å². The zero-order valence-electron chi connectivity index (χ0n) is 4.45. The molecule has 0 aromatic rings. The first kappa shape index (κ1) is 7.66. The average molecular weight is 267 g/mol. The summed E-state index contributed by atoms with van der Waals surface area (Å²) in [6.07, 6.45) is -1.75. The van der Waals surface area contributed by atoms with E-state index in [0.29, 0.717) is 0 Å². The Hall–Kier alpha value is -0.444. The van der Waals surface area contributed by atoms with Gasteiger partial charge >= 0.3 is 67.0 Å². The van der Waals surface area contributed by atoms with Crippen LogP contribution in [0.4, 0.5) is 9.59 Å². The zero-order valence-corrected chi connectivity index (χ0v) is 8.30. The Morgan fingerprint density at radius 1 is 1.60 bits per heavy atom. The molecule has 0 aromatic heterocycles. The molecule has 4 radical (unpaired) electrons. The monoisotopic (exact) mass is 268 g/mol. The van der Waals surface area contributed by atoms with E-state index in [1.165, 1.54) is 0 Å². The number of carbonyl (C=O) groups excluding carboxylic acids is 2. The summed E-state index contributed by atoms with van der Waals surface area (Å²) < 4.78 is 16.8. The molecule has 0 atom stereocenters. The van der Waals surface area contributed by atoms with E-state index in [4.69, 9.17) is 0 Å². The van der Waals surface area contributed by atoms with E-state index < -0.39 is 33.3 Å². The van der Waals surface area contributed by atoms with Gasteiger partial charge in [-0.1, -0.05) is 0 Å². The van der Waals surface area contributed by atoms with Gasteiger partial charge in [0.25, 0.3) is 0 Å². The van der Waals surface area contributed by atoms with Gasteiger partial charge in [0, 0.05) is 0 Å². The molecule has 1 saturated heterocycles. The summed E-state index contributed by atoms with van der Waals surface area (Å²) in [6, 6.07) is 0. The number of rotatable bonds is 1. The normalized spacial score (nSPS) is 16.3. The van der Waals surface area contributed by atoms with Gasteiger partial charge in [0.1, 0.15) is 0 Å². The Bertz CT molecular complexity index is 161. The van der Waals surface area contributed by atoms with Crippen molar-refractivity contribution in [3.8, 4) is 0 Å². The van der Waals surface area contributed by atoms with Crippen LogP contribution in [-0.2, 0) is 13.6 Å². The minimum absolute atomic E-state index is 0.795. The zero-order chi connectivity index (χ0) is 7.56. The fourth-order valence-corrected chi connectivity index (χ4v) is 2.12. The van der Waals surface area contributed by atoms with Crippen LogP contribution in [0, 0.1) is 0 Å². The molecule has 0 aliphatic carbocycles. The van der Waals surface area contributed by atoms with Crippen LogP contribution in [0.25, 0.3) is 0 Å². The standard InChI is InChI=1S/CHO3Si.CH2O3.Sn/c2-1(3)4-5;2-1(3)4;/h(H,2,3);(H2,2,3,4);/q;;+3/p-3. The van der Waals surface area contributed by atoms with E-state index in [2.05, 4.69) is 24.1 Å². The Balaban J connectivity index is 2.16. The summed E-state index contributed by atoms with van der Waals surface area (Å²) in [4.78, 5) is 20.1. The summed E-state index contributed by atoms with van der Waals surface area (Å²) in [5, 5.41) is 0. The number of carbonyl (C=O) groups is 2. The van der Waals surface area contributed by atoms with E-state index >= 15 is 0 Å². The molecule has 0 unspecified atom stereocenters. The third-order valence-corrected chi connectivity index (χ3v) is 3.60. The van der Waals surface area contributed by atoms with Gasteiger partial charge in [-0.3, -0.25) is 0 Å². The van der Waals surface area contributed by atoms with Crippen LogP contribution in [0.15, 0.2) is 0 Å². The first-order valence-corrected chi connectivity index (χ1v) is 5.95. The molecule has 0 aromatic carbocycles. The van der Waals surface area contributed by atoms with Gasteiger partial charge in [-0.2, -0.15) is 0 Å².